The maximum absolute atomic E-state index is 14.4. The lowest BCUT2D eigenvalue weighted by Gasteiger charge is -2.37. The molecule has 66 heavy (non-hydrogen) atoms. The third-order valence-corrected chi connectivity index (χ3v) is 10.2. The average Bonchev–Trinajstić information content (AvgIpc) is 3.31. The minimum absolute atomic E-state index is 0.00142. The second kappa shape index (κ2) is 24.5. The van der Waals surface area contributed by atoms with Crippen LogP contribution in [0.2, 0.25) is 0 Å². The van der Waals surface area contributed by atoms with Crippen LogP contribution in [0.25, 0.3) is 0 Å². The van der Waals surface area contributed by atoms with Crippen LogP contribution in [-0.2, 0) is 56.7 Å². The van der Waals surface area contributed by atoms with E-state index >= 15 is 0 Å². The number of ether oxygens (including phenoxy) is 3. The molecular weight excluding hydrogens is 837 g/mol. The van der Waals surface area contributed by atoms with Crippen molar-refractivity contribution in [3.05, 3.63) is 192 Å². The van der Waals surface area contributed by atoms with E-state index in [1.165, 1.54) is 12.2 Å². The van der Waals surface area contributed by atoms with Crippen molar-refractivity contribution in [3.63, 3.8) is 0 Å². The van der Waals surface area contributed by atoms with Crippen LogP contribution in [0, 0.1) is 0 Å². The van der Waals surface area contributed by atoms with Gasteiger partial charge in [0.15, 0.2) is 0 Å². The van der Waals surface area contributed by atoms with E-state index in [1.54, 1.807) is 76.2 Å². The SMILES string of the molecule is CCOC(=O)/C=C/[C@H](CCC(=O)NC(c1ccccc1)(c1ccccc1)c1ccccc1)NC(=O)[C@H](Cc1ccccc1)NC(=O)[C@H](CC(=O)OC(C)(C)C)NC(=O)OCc1ccccc1. The highest BCUT2D eigenvalue weighted by atomic mass is 16.6. The molecule has 0 heterocycles. The normalized spacial score (nSPS) is 12.7. The maximum Gasteiger partial charge on any atom is 0.408 e. The summed E-state index contributed by atoms with van der Waals surface area (Å²) in [6, 6.07) is 43.1. The van der Waals surface area contributed by atoms with E-state index in [4.69, 9.17) is 14.2 Å². The molecule has 0 aliphatic carbocycles. The highest BCUT2D eigenvalue weighted by Gasteiger charge is 2.38. The number of benzene rings is 5. The lowest BCUT2D eigenvalue weighted by molar-refractivity contribution is -0.156. The van der Waals surface area contributed by atoms with Crippen LogP contribution in [0.5, 0.6) is 0 Å². The number of hydrogen-bond acceptors (Lipinski definition) is 9. The number of amides is 4. The van der Waals surface area contributed by atoms with Gasteiger partial charge < -0.3 is 35.5 Å². The average molecular weight is 895 g/mol. The fraction of sp³-hybridized carbons (Fsp3) is 0.283. The molecule has 0 aromatic heterocycles. The zero-order chi connectivity index (χ0) is 47.4. The summed E-state index contributed by atoms with van der Waals surface area (Å²) >= 11 is 0. The van der Waals surface area contributed by atoms with Crippen molar-refractivity contribution in [2.75, 3.05) is 6.61 Å². The molecule has 0 aliphatic heterocycles. The molecule has 344 valence electrons. The van der Waals surface area contributed by atoms with E-state index in [9.17, 15) is 28.8 Å². The zero-order valence-corrected chi connectivity index (χ0v) is 37.7. The third kappa shape index (κ3) is 15.3. The van der Waals surface area contributed by atoms with Gasteiger partial charge in [-0.1, -0.05) is 158 Å². The van der Waals surface area contributed by atoms with Crippen molar-refractivity contribution in [2.45, 2.75) is 89.3 Å². The van der Waals surface area contributed by atoms with Gasteiger partial charge in [0, 0.05) is 25.0 Å². The fourth-order valence-corrected chi connectivity index (χ4v) is 7.22. The molecule has 13 heteroatoms. The van der Waals surface area contributed by atoms with Gasteiger partial charge in [0.05, 0.1) is 13.0 Å². The molecule has 0 bridgehead atoms. The maximum atomic E-state index is 14.4. The smallest absolute Gasteiger partial charge is 0.408 e. The second-order valence-electron chi connectivity index (χ2n) is 16.5. The third-order valence-electron chi connectivity index (χ3n) is 10.2. The Kier molecular flexibility index (Phi) is 18.4. The molecule has 5 aromatic carbocycles. The quantitative estimate of drug-likeness (QED) is 0.0256. The van der Waals surface area contributed by atoms with Crippen molar-refractivity contribution in [1.82, 2.24) is 21.3 Å². The summed E-state index contributed by atoms with van der Waals surface area (Å²) in [5.41, 5.74) is 1.88. The molecular formula is C53H58N4O9. The van der Waals surface area contributed by atoms with E-state index in [0.717, 1.165) is 16.7 Å². The molecule has 0 radical (unpaired) electrons. The van der Waals surface area contributed by atoms with Gasteiger partial charge in [-0.15, -0.1) is 0 Å². The van der Waals surface area contributed by atoms with E-state index < -0.39 is 65.5 Å². The topological polar surface area (TPSA) is 178 Å². The Morgan fingerprint density at radius 3 is 1.58 bits per heavy atom. The molecule has 5 aromatic rings. The van der Waals surface area contributed by atoms with Gasteiger partial charge >= 0.3 is 18.0 Å². The highest BCUT2D eigenvalue weighted by molar-refractivity contribution is 5.94. The minimum atomic E-state index is -1.50. The molecule has 0 unspecified atom stereocenters. The molecule has 3 atom stereocenters. The Labute approximate surface area is 386 Å². The first-order valence-electron chi connectivity index (χ1n) is 21.9. The number of carbonyl (C=O) groups is 6. The van der Waals surface area contributed by atoms with Crippen LogP contribution >= 0.6 is 0 Å². The van der Waals surface area contributed by atoms with Gasteiger partial charge in [-0.05, 0) is 61.9 Å². The van der Waals surface area contributed by atoms with E-state index in [2.05, 4.69) is 21.3 Å². The number of hydrogen-bond donors (Lipinski definition) is 4. The van der Waals surface area contributed by atoms with Gasteiger partial charge in [0.2, 0.25) is 17.7 Å². The first kappa shape index (κ1) is 49.5. The van der Waals surface area contributed by atoms with Crippen molar-refractivity contribution in [3.8, 4) is 0 Å². The summed E-state index contributed by atoms with van der Waals surface area (Å²) in [6.07, 6.45) is 1.02. The monoisotopic (exact) mass is 894 g/mol. The lowest BCUT2D eigenvalue weighted by Crippen LogP contribution is -2.56. The molecule has 0 fully saturated rings. The Hall–Kier alpha value is -7.54. The summed E-state index contributed by atoms with van der Waals surface area (Å²) in [5.74, 6) is -3.29. The first-order chi connectivity index (χ1) is 31.8. The molecule has 0 saturated heterocycles. The number of rotatable bonds is 21. The van der Waals surface area contributed by atoms with E-state index in [-0.39, 0.29) is 38.4 Å². The van der Waals surface area contributed by atoms with Crippen molar-refractivity contribution in [1.29, 1.82) is 0 Å². The lowest BCUT2D eigenvalue weighted by atomic mass is 9.77. The number of nitrogens with one attached hydrogen (secondary N) is 4. The van der Waals surface area contributed by atoms with Gasteiger partial charge in [-0.2, -0.15) is 0 Å². The van der Waals surface area contributed by atoms with Crippen LogP contribution in [0.3, 0.4) is 0 Å². The van der Waals surface area contributed by atoms with Gasteiger partial charge in [-0.3, -0.25) is 19.2 Å². The number of esters is 2. The Morgan fingerprint density at radius 2 is 1.08 bits per heavy atom. The summed E-state index contributed by atoms with van der Waals surface area (Å²) in [6.45, 7) is 6.70. The van der Waals surface area contributed by atoms with E-state index in [0.29, 0.717) is 11.1 Å². The molecule has 0 spiro atoms. The summed E-state index contributed by atoms with van der Waals surface area (Å²) in [5, 5.41) is 11.4. The molecule has 0 saturated carbocycles. The largest absolute Gasteiger partial charge is 0.463 e. The second-order valence-corrected chi connectivity index (χ2v) is 16.5. The summed E-state index contributed by atoms with van der Waals surface area (Å²) in [4.78, 5) is 81.6. The fourth-order valence-electron chi connectivity index (χ4n) is 7.22. The predicted molar refractivity (Wildman–Crippen MR) is 250 cm³/mol. The number of alkyl carbamates (subject to hydrolysis) is 1. The summed E-state index contributed by atoms with van der Waals surface area (Å²) < 4.78 is 16.0. The predicted octanol–water partition coefficient (Wildman–Crippen LogP) is 7.23. The van der Waals surface area contributed by atoms with Gasteiger partial charge in [0.1, 0.15) is 29.8 Å². The molecule has 0 aliphatic rings. The molecule has 4 N–H and O–H groups in total. The van der Waals surface area contributed by atoms with Gasteiger partial charge in [-0.25, -0.2) is 9.59 Å². The zero-order valence-electron chi connectivity index (χ0n) is 37.7. The summed E-state index contributed by atoms with van der Waals surface area (Å²) in [7, 11) is 0. The van der Waals surface area contributed by atoms with Crippen LogP contribution in [0.15, 0.2) is 164 Å². The Morgan fingerprint density at radius 1 is 0.591 bits per heavy atom. The van der Waals surface area contributed by atoms with Crippen LogP contribution in [0.1, 0.15) is 74.8 Å². The standard InChI is InChI=1S/C53H58N4O9/c1-5-64-47(59)34-32-43(31-33-46(58)57-53(40-25-15-8-16-26-40,41-27-17-9-18-28-41)42-29-19-10-20-30-42)54-49(61)44(35-38-21-11-6-12-22-38)55-50(62)45(36-48(60)66-52(2,3)4)56-51(63)65-37-39-23-13-7-14-24-39/h6-30,32,34,43-45H,5,31,33,35-37H2,1-4H3,(H,54,61)(H,55,62)(H,56,63)(H,57,58)/b34-32+/t43-,44-,45-/m0/s1. The van der Waals surface area contributed by atoms with Crippen LogP contribution in [-0.4, -0.2) is 66.1 Å². The Bertz CT molecular complexity index is 2280. The number of carbonyl (C=O) groups excluding carboxylic acids is 6. The van der Waals surface area contributed by atoms with Crippen molar-refractivity contribution >= 4 is 35.8 Å². The molecule has 4 amide bonds. The van der Waals surface area contributed by atoms with Gasteiger partial charge in [0.25, 0.3) is 0 Å². The minimum Gasteiger partial charge on any atom is -0.463 e. The van der Waals surface area contributed by atoms with E-state index in [1.807, 2.05) is 103 Å². The van der Waals surface area contributed by atoms with Crippen LogP contribution in [0.4, 0.5) is 4.79 Å². The Balaban J connectivity index is 1.40. The van der Waals surface area contributed by atoms with Crippen molar-refractivity contribution in [2.24, 2.45) is 0 Å². The first-order valence-corrected chi connectivity index (χ1v) is 21.9. The van der Waals surface area contributed by atoms with Crippen LogP contribution < -0.4 is 21.3 Å². The molecule has 5 rings (SSSR count). The molecule has 13 nitrogen and oxygen atoms in total. The van der Waals surface area contributed by atoms with Crippen molar-refractivity contribution < 1.29 is 43.0 Å². The highest BCUT2D eigenvalue weighted by Crippen LogP contribution is 2.37.